The number of carbonyl (C=O) groups excluding carboxylic acids is 1. The number of rotatable bonds is 4. The van der Waals surface area contributed by atoms with Crippen molar-refractivity contribution in [3.05, 3.63) is 30.6 Å². The maximum atomic E-state index is 13.0. The average molecular weight is 405 g/mol. The molecule has 0 aromatic carbocycles. The van der Waals surface area contributed by atoms with E-state index < -0.39 is 0 Å². The minimum Gasteiger partial charge on any atom is -0.348 e. The van der Waals surface area contributed by atoms with E-state index in [0.29, 0.717) is 23.0 Å². The number of aromatic amines is 1. The molecule has 1 saturated carbocycles. The molecule has 1 aliphatic carbocycles. The minimum absolute atomic E-state index is 0.113. The van der Waals surface area contributed by atoms with Gasteiger partial charge in [0.1, 0.15) is 17.4 Å². The summed E-state index contributed by atoms with van der Waals surface area (Å²) < 4.78 is 1.66. The van der Waals surface area contributed by atoms with Gasteiger partial charge in [-0.2, -0.15) is 10.4 Å². The Labute approximate surface area is 173 Å². The summed E-state index contributed by atoms with van der Waals surface area (Å²) in [6, 6.07) is 3.02. The summed E-state index contributed by atoms with van der Waals surface area (Å²) in [6.45, 7) is 3.72. The van der Waals surface area contributed by atoms with Crippen LogP contribution in [0.4, 0.5) is 0 Å². The van der Waals surface area contributed by atoms with Crippen LogP contribution in [-0.2, 0) is 0 Å². The van der Waals surface area contributed by atoms with E-state index in [2.05, 4.69) is 41.4 Å². The predicted octanol–water partition coefficient (Wildman–Crippen LogP) is 1.43. The Bertz CT molecular complexity index is 1100. The molecule has 0 bridgehead atoms. The van der Waals surface area contributed by atoms with Gasteiger partial charge >= 0.3 is 0 Å². The van der Waals surface area contributed by atoms with Gasteiger partial charge in [-0.3, -0.25) is 19.4 Å². The van der Waals surface area contributed by atoms with E-state index >= 15 is 0 Å². The van der Waals surface area contributed by atoms with Crippen molar-refractivity contribution < 1.29 is 4.79 Å². The number of carbonyl (C=O) groups is 1. The van der Waals surface area contributed by atoms with Crippen molar-refractivity contribution in [1.82, 2.24) is 39.9 Å². The van der Waals surface area contributed by atoms with Crippen molar-refractivity contribution >= 4 is 16.9 Å². The summed E-state index contributed by atoms with van der Waals surface area (Å²) in [6.07, 6.45) is 10.4. The third-order valence-corrected chi connectivity index (χ3v) is 6.16. The SMILES string of the molecule is CC1(C#N)CN([C@H]2CC[C@@H](NC(=O)c3nc(-n4ccnc4)nc4cn[nH]c34)CC2)C1. The standard InChI is InChI=1S/C20H23N9O/c1-20(9-21)10-29(11-20)14-4-2-13(3-5-14)24-18(30)17-16-15(8-23-27-16)25-19(26-17)28-7-6-22-12-28/h6-8,12-14H,2-5,10-11H2,1H3,(H,23,27)(H,24,30)/t13-,14+. The van der Waals surface area contributed by atoms with Gasteiger partial charge in [0.15, 0.2) is 5.69 Å². The molecule has 10 nitrogen and oxygen atoms in total. The highest BCUT2D eigenvalue weighted by Gasteiger charge is 2.43. The number of H-pyrrole nitrogens is 1. The molecule has 2 fully saturated rings. The number of amides is 1. The van der Waals surface area contributed by atoms with E-state index in [-0.39, 0.29) is 23.1 Å². The number of nitrogens with zero attached hydrogens (tertiary/aromatic N) is 7. The van der Waals surface area contributed by atoms with Crippen LogP contribution in [0.1, 0.15) is 43.1 Å². The number of likely N-dealkylation sites (tertiary alicyclic amines) is 1. The lowest BCUT2D eigenvalue weighted by atomic mass is 9.79. The number of imidazole rings is 1. The van der Waals surface area contributed by atoms with Gasteiger partial charge in [0.25, 0.3) is 5.91 Å². The Balaban J connectivity index is 1.26. The van der Waals surface area contributed by atoms with E-state index in [0.717, 1.165) is 38.8 Å². The summed E-state index contributed by atoms with van der Waals surface area (Å²) >= 11 is 0. The van der Waals surface area contributed by atoms with Crippen molar-refractivity contribution in [3.8, 4) is 12.0 Å². The third kappa shape index (κ3) is 3.31. The van der Waals surface area contributed by atoms with Gasteiger partial charge in [-0.15, -0.1) is 0 Å². The number of hydrogen-bond acceptors (Lipinski definition) is 7. The lowest BCUT2D eigenvalue weighted by Gasteiger charge is -2.49. The first-order chi connectivity index (χ1) is 14.5. The fraction of sp³-hybridized carbons (Fsp3) is 0.500. The zero-order valence-corrected chi connectivity index (χ0v) is 16.7. The van der Waals surface area contributed by atoms with E-state index in [1.165, 1.54) is 0 Å². The van der Waals surface area contributed by atoms with E-state index in [9.17, 15) is 10.1 Å². The minimum atomic E-state index is -0.225. The van der Waals surface area contributed by atoms with Crippen LogP contribution < -0.4 is 5.32 Å². The van der Waals surface area contributed by atoms with E-state index in [4.69, 9.17) is 0 Å². The molecule has 2 N–H and O–H groups in total. The second-order valence-electron chi connectivity index (χ2n) is 8.53. The molecular weight excluding hydrogens is 382 g/mol. The van der Waals surface area contributed by atoms with E-state index in [1.54, 1.807) is 29.5 Å². The Kier molecular flexibility index (Phi) is 4.47. The summed E-state index contributed by atoms with van der Waals surface area (Å²) in [5.41, 5.74) is 1.21. The first-order valence-corrected chi connectivity index (χ1v) is 10.2. The van der Waals surface area contributed by atoms with Crippen LogP contribution in [0.15, 0.2) is 24.9 Å². The van der Waals surface area contributed by atoms with Crippen LogP contribution in [0.3, 0.4) is 0 Å². The summed E-state index contributed by atoms with van der Waals surface area (Å²) in [7, 11) is 0. The monoisotopic (exact) mass is 405 g/mol. The number of hydrogen-bond donors (Lipinski definition) is 2. The number of fused-ring (bicyclic) bond motifs is 1. The highest BCUT2D eigenvalue weighted by Crippen LogP contribution is 2.35. The lowest BCUT2D eigenvalue weighted by Crippen LogP contribution is -2.59. The molecule has 10 heteroatoms. The molecule has 1 aliphatic heterocycles. The second-order valence-corrected chi connectivity index (χ2v) is 8.53. The Morgan fingerprint density at radius 3 is 2.80 bits per heavy atom. The summed E-state index contributed by atoms with van der Waals surface area (Å²) in [5, 5.41) is 19.2. The molecule has 5 rings (SSSR count). The highest BCUT2D eigenvalue weighted by atomic mass is 16.2. The Hall–Kier alpha value is -3.32. The van der Waals surface area contributed by atoms with Gasteiger partial charge in [-0.05, 0) is 32.6 Å². The van der Waals surface area contributed by atoms with Crippen molar-refractivity contribution in [3.63, 3.8) is 0 Å². The Morgan fingerprint density at radius 2 is 2.10 bits per heavy atom. The number of nitrogens with one attached hydrogen (secondary N) is 2. The number of aromatic nitrogens is 6. The van der Waals surface area contributed by atoms with Gasteiger partial charge in [0.05, 0.1) is 17.7 Å². The molecule has 1 amide bonds. The van der Waals surface area contributed by atoms with Gasteiger partial charge in [-0.25, -0.2) is 15.0 Å². The summed E-state index contributed by atoms with van der Waals surface area (Å²) in [4.78, 5) is 28.4. The predicted molar refractivity (Wildman–Crippen MR) is 108 cm³/mol. The van der Waals surface area contributed by atoms with Crippen molar-refractivity contribution in [1.29, 1.82) is 5.26 Å². The van der Waals surface area contributed by atoms with Crippen LogP contribution in [0, 0.1) is 16.7 Å². The lowest BCUT2D eigenvalue weighted by molar-refractivity contribution is 0.00181. The molecule has 4 heterocycles. The molecule has 3 aromatic heterocycles. The Morgan fingerprint density at radius 1 is 1.30 bits per heavy atom. The molecule has 0 radical (unpaired) electrons. The van der Waals surface area contributed by atoms with E-state index in [1.807, 2.05) is 6.92 Å². The maximum Gasteiger partial charge on any atom is 0.272 e. The molecule has 1 saturated heterocycles. The first-order valence-electron chi connectivity index (χ1n) is 10.2. The van der Waals surface area contributed by atoms with Crippen LogP contribution in [0.2, 0.25) is 0 Å². The zero-order valence-electron chi connectivity index (χ0n) is 16.7. The summed E-state index contributed by atoms with van der Waals surface area (Å²) in [5.74, 6) is 0.158. The normalized spacial score (nSPS) is 23.6. The molecular formula is C20H23N9O. The molecule has 2 aliphatic rings. The van der Waals surface area contributed by atoms with Crippen LogP contribution >= 0.6 is 0 Å². The van der Waals surface area contributed by atoms with Crippen LogP contribution in [0.25, 0.3) is 17.0 Å². The van der Waals surface area contributed by atoms with Gasteiger partial charge in [-0.1, -0.05) is 0 Å². The highest BCUT2D eigenvalue weighted by molar-refractivity contribution is 6.02. The quantitative estimate of drug-likeness (QED) is 0.672. The van der Waals surface area contributed by atoms with Gasteiger partial charge in [0.2, 0.25) is 5.95 Å². The van der Waals surface area contributed by atoms with Gasteiger partial charge < -0.3 is 5.32 Å². The largest absolute Gasteiger partial charge is 0.348 e. The maximum absolute atomic E-state index is 13.0. The van der Waals surface area contributed by atoms with Crippen LogP contribution in [-0.4, -0.2) is 65.7 Å². The molecule has 0 unspecified atom stereocenters. The van der Waals surface area contributed by atoms with Gasteiger partial charge in [0, 0.05) is 37.6 Å². The average Bonchev–Trinajstić information content (AvgIpc) is 3.43. The fourth-order valence-electron chi connectivity index (χ4n) is 4.50. The van der Waals surface area contributed by atoms with Crippen LogP contribution in [0.5, 0.6) is 0 Å². The molecule has 0 spiro atoms. The first kappa shape index (κ1) is 18.7. The molecule has 0 atom stereocenters. The molecule has 154 valence electrons. The second kappa shape index (κ2) is 7.18. The zero-order chi connectivity index (χ0) is 20.7. The number of nitriles is 1. The third-order valence-electron chi connectivity index (χ3n) is 6.16. The molecule has 3 aromatic rings. The van der Waals surface area contributed by atoms with Crippen molar-refractivity contribution in [2.24, 2.45) is 5.41 Å². The smallest absolute Gasteiger partial charge is 0.272 e. The van der Waals surface area contributed by atoms with Crippen molar-refractivity contribution in [2.45, 2.75) is 44.7 Å². The van der Waals surface area contributed by atoms with Crippen molar-refractivity contribution in [2.75, 3.05) is 13.1 Å². The fourth-order valence-corrected chi connectivity index (χ4v) is 4.50. The topological polar surface area (TPSA) is 128 Å². The molecule has 30 heavy (non-hydrogen) atoms.